The van der Waals surface area contributed by atoms with Gasteiger partial charge in [-0.05, 0) is 31.2 Å². The molecule has 2 aromatic rings. The predicted octanol–water partition coefficient (Wildman–Crippen LogP) is 1.31. The maximum atomic E-state index is 13.3. The van der Waals surface area contributed by atoms with Crippen molar-refractivity contribution >= 4 is 11.8 Å². The minimum Gasteiger partial charge on any atom is -0.487 e. The van der Waals surface area contributed by atoms with E-state index in [-0.39, 0.29) is 17.9 Å². The van der Waals surface area contributed by atoms with Gasteiger partial charge in [-0.15, -0.1) is 0 Å². The zero-order chi connectivity index (χ0) is 20.2. The molecule has 2 saturated heterocycles. The van der Waals surface area contributed by atoms with Crippen LogP contribution in [0.2, 0.25) is 0 Å². The number of amides is 2. The molecule has 4 heterocycles. The first kappa shape index (κ1) is 19.3. The molecule has 0 bridgehead atoms. The molecule has 29 heavy (non-hydrogen) atoms. The maximum absolute atomic E-state index is 13.3. The van der Waals surface area contributed by atoms with E-state index in [9.17, 15) is 9.59 Å². The Labute approximate surface area is 169 Å². The van der Waals surface area contributed by atoms with Gasteiger partial charge >= 0.3 is 0 Å². The third-order valence-corrected chi connectivity index (χ3v) is 5.31. The first-order valence-corrected chi connectivity index (χ1v) is 9.79. The van der Waals surface area contributed by atoms with Gasteiger partial charge < -0.3 is 19.3 Å². The van der Waals surface area contributed by atoms with Crippen LogP contribution in [0.15, 0.2) is 42.9 Å². The summed E-state index contributed by atoms with van der Waals surface area (Å²) in [5, 5.41) is 0. The fourth-order valence-corrected chi connectivity index (χ4v) is 3.81. The molecule has 2 aliphatic heterocycles. The van der Waals surface area contributed by atoms with E-state index in [1.165, 1.54) is 0 Å². The Hall–Kier alpha value is -3.00. The molecule has 8 heteroatoms. The molecule has 152 valence electrons. The normalized spacial score (nSPS) is 21.8. The van der Waals surface area contributed by atoms with Crippen molar-refractivity contribution in [2.24, 2.45) is 0 Å². The Morgan fingerprint density at radius 3 is 2.69 bits per heavy atom. The Morgan fingerprint density at radius 1 is 1.17 bits per heavy atom. The molecule has 0 N–H and O–H groups in total. The van der Waals surface area contributed by atoms with Crippen LogP contribution in [0, 0.1) is 6.92 Å². The molecular weight excluding hydrogens is 372 g/mol. The first-order valence-electron chi connectivity index (χ1n) is 9.79. The Bertz CT molecular complexity index is 870. The highest BCUT2D eigenvalue weighted by Gasteiger charge is 2.43. The lowest BCUT2D eigenvalue weighted by Crippen LogP contribution is -2.51. The maximum Gasteiger partial charge on any atom is 0.256 e. The van der Waals surface area contributed by atoms with Crippen molar-refractivity contribution in [3.63, 3.8) is 0 Å². The molecule has 2 amide bonds. The molecule has 2 fully saturated rings. The molecule has 2 atom stereocenters. The van der Waals surface area contributed by atoms with Gasteiger partial charge in [0.1, 0.15) is 17.9 Å². The molecule has 0 unspecified atom stereocenters. The number of aryl methyl sites for hydroxylation is 1. The summed E-state index contributed by atoms with van der Waals surface area (Å²) in [5.41, 5.74) is 1.15. The van der Waals surface area contributed by atoms with E-state index >= 15 is 0 Å². The van der Waals surface area contributed by atoms with Crippen molar-refractivity contribution in [1.29, 1.82) is 0 Å². The van der Waals surface area contributed by atoms with Crippen LogP contribution in [-0.2, 0) is 9.53 Å². The molecule has 0 aliphatic carbocycles. The summed E-state index contributed by atoms with van der Waals surface area (Å²) >= 11 is 0. The van der Waals surface area contributed by atoms with Crippen LogP contribution in [0.3, 0.4) is 0 Å². The molecular formula is C21H24N4O4. The highest BCUT2D eigenvalue weighted by atomic mass is 16.5. The lowest BCUT2D eigenvalue weighted by molar-refractivity contribution is -0.139. The Balaban J connectivity index is 1.57. The minimum atomic E-state index is -0.568. The highest BCUT2D eigenvalue weighted by Crippen LogP contribution is 2.26. The second kappa shape index (κ2) is 8.57. The number of pyridine rings is 2. The summed E-state index contributed by atoms with van der Waals surface area (Å²) in [6.45, 7) is 4.25. The third-order valence-electron chi connectivity index (χ3n) is 5.31. The van der Waals surface area contributed by atoms with Crippen molar-refractivity contribution in [2.45, 2.75) is 25.5 Å². The van der Waals surface area contributed by atoms with Crippen LogP contribution < -0.4 is 4.74 Å². The third kappa shape index (κ3) is 4.22. The number of nitrogens with zero attached hydrogens (tertiary/aromatic N) is 4. The quantitative estimate of drug-likeness (QED) is 0.775. The van der Waals surface area contributed by atoms with Gasteiger partial charge in [-0.1, -0.05) is 0 Å². The summed E-state index contributed by atoms with van der Waals surface area (Å²) in [6, 6.07) is 6.53. The van der Waals surface area contributed by atoms with Crippen molar-refractivity contribution < 1.29 is 19.1 Å². The lowest BCUT2D eigenvalue weighted by atomic mass is 10.1. The van der Waals surface area contributed by atoms with E-state index in [1.54, 1.807) is 53.5 Å². The smallest absolute Gasteiger partial charge is 0.256 e. The fraction of sp³-hybridized carbons (Fsp3) is 0.429. The number of aromatic nitrogens is 2. The van der Waals surface area contributed by atoms with Gasteiger partial charge in [0, 0.05) is 37.6 Å². The first-order chi connectivity index (χ1) is 14.1. The molecule has 8 nitrogen and oxygen atoms in total. The van der Waals surface area contributed by atoms with E-state index in [0.717, 1.165) is 0 Å². The number of carbonyl (C=O) groups excluding carboxylic acids is 2. The summed E-state index contributed by atoms with van der Waals surface area (Å²) < 4.78 is 11.4. The summed E-state index contributed by atoms with van der Waals surface area (Å²) in [7, 11) is 0. The minimum absolute atomic E-state index is 0.0551. The molecule has 2 aliphatic rings. The molecule has 0 radical (unpaired) electrons. The van der Waals surface area contributed by atoms with Gasteiger partial charge in [-0.2, -0.15) is 0 Å². The fourth-order valence-electron chi connectivity index (χ4n) is 3.81. The Morgan fingerprint density at radius 2 is 1.97 bits per heavy atom. The predicted molar refractivity (Wildman–Crippen MR) is 104 cm³/mol. The van der Waals surface area contributed by atoms with E-state index in [2.05, 4.69) is 9.97 Å². The van der Waals surface area contributed by atoms with Crippen LogP contribution in [0.5, 0.6) is 5.75 Å². The largest absolute Gasteiger partial charge is 0.487 e. The Kier molecular flexibility index (Phi) is 5.71. The SMILES string of the molecule is Cc1ncccc1C(=O)N1C[C@@H](Oc2cccnc2)C[C@H]1C(=O)N1CCOCC1. The van der Waals surface area contributed by atoms with Gasteiger partial charge in [-0.25, -0.2) is 0 Å². The number of hydrogen-bond acceptors (Lipinski definition) is 6. The zero-order valence-corrected chi connectivity index (χ0v) is 16.4. The number of rotatable bonds is 4. The second-order valence-electron chi connectivity index (χ2n) is 7.21. The van der Waals surface area contributed by atoms with Crippen LogP contribution in [-0.4, -0.2) is 76.6 Å². The summed E-state index contributed by atoms with van der Waals surface area (Å²) in [4.78, 5) is 38.2. The van der Waals surface area contributed by atoms with Crippen molar-refractivity contribution in [3.05, 3.63) is 54.1 Å². The van der Waals surface area contributed by atoms with Gasteiger partial charge in [0.2, 0.25) is 5.91 Å². The zero-order valence-electron chi connectivity index (χ0n) is 16.4. The van der Waals surface area contributed by atoms with Crippen LogP contribution in [0.25, 0.3) is 0 Å². The molecule has 0 spiro atoms. The van der Waals surface area contributed by atoms with E-state index in [1.807, 2.05) is 6.07 Å². The van der Waals surface area contributed by atoms with E-state index in [4.69, 9.17) is 9.47 Å². The monoisotopic (exact) mass is 396 g/mol. The number of likely N-dealkylation sites (tertiary alicyclic amines) is 1. The lowest BCUT2D eigenvalue weighted by Gasteiger charge is -2.32. The van der Waals surface area contributed by atoms with Crippen molar-refractivity contribution in [1.82, 2.24) is 19.8 Å². The summed E-state index contributed by atoms with van der Waals surface area (Å²) in [6.07, 6.45) is 5.12. The van der Waals surface area contributed by atoms with Gasteiger partial charge in [0.15, 0.2) is 0 Å². The van der Waals surface area contributed by atoms with E-state index in [0.29, 0.717) is 56.3 Å². The highest BCUT2D eigenvalue weighted by molar-refractivity contribution is 5.98. The van der Waals surface area contributed by atoms with Crippen molar-refractivity contribution in [3.8, 4) is 5.75 Å². The van der Waals surface area contributed by atoms with Crippen LogP contribution in [0.4, 0.5) is 0 Å². The average Bonchev–Trinajstić information content (AvgIpc) is 3.18. The van der Waals surface area contributed by atoms with Gasteiger partial charge in [-0.3, -0.25) is 19.6 Å². The molecule has 0 aromatic carbocycles. The van der Waals surface area contributed by atoms with E-state index < -0.39 is 6.04 Å². The second-order valence-corrected chi connectivity index (χ2v) is 7.21. The standard InChI is InChI=1S/C21H24N4O4/c1-15-18(5-3-7-23-15)20(26)25-14-17(29-16-4-2-6-22-13-16)12-19(25)21(27)24-8-10-28-11-9-24/h2-7,13,17,19H,8-12,14H2,1H3/t17-,19-/m0/s1. The number of ether oxygens (including phenoxy) is 2. The molecule has 2 aromatic heterocycles. The van der Waals surface area contributed by atoms with Gasteiger partial charge in [0.05, 0.1) is 31.5 Å². The van der Waals surface area contributed by atoms with Crippen LogP contribution in [0.1, 0.15) is 22.5 Å². The number of hydrogen-bond donors (Lipinski definition) is 0. The average molecular weight is 396 g/mol. The van der Waals surface area contributed by atoms with Gasteiger partial charge in [0.25, 0.3) is 5.91 Å². The topological polar surface area (TPSA) is 84.9 Å². The number of morpholine rings is 1. The van der Waals surface area contributed by atoms with Crippen LogP contribution >= 0.6 is 0 Å². The molecule has 4 rings (SSSR count). The summed E-state index contributed by atoms with van der Waals surface area (Å²) in [5.74, 6) is 0.377. The van der Waals surface area contributed by atoms with Crippen molar-refractivity contribution in [2.75, 3.05) is 32.8 Å². The molecule has 0 saturated carbocycles. The number of carbonyl (C=O) groups is 2.